The van der Waals surface area contributed by atoms with Gasteiger partial charge < -0.3 is 24.8 Å². The molecule has 0 fully saturated rings. The van der Waals surface area contributed by atoms with Gasteiger partial charge in [-0.1, -0.05) is 228 Å². The standard InChI is InChI=1S/C58H114N2O6/c1-12-16-18-20-22-24-26-28-30-32-34-36-38-40-42-44-47-64-53(62)51(60-52(61)45-43-41-39-37-35-33-31-29-27-25-23-21-19-17-13-2)49-59-54(63)56(8,9)50-58(11,15-4)66-57(10,14-3)46-48-65-55(5,6)7/h51H,12-50H2,1-11H3,(H,59,63)(H,60,61). The van der Waals surface area contributed by atoms with Gasteiger partial charge in [0, 0.05) is 18.4 Å². The van der Waals surface area contributed by atoms with Crippen LogP contribution >= 0.6 is 0 Å². The number of ether oxygens (including phenoxy) is 3. The van der Waals surface area contributed by atoms with E-state index in [1.807, 2.05) is 13.8 Å². The second-order valence-electron chi connectivity index (χ2n) is 22.5. The lowest BCUT2D eigenvalue weighted by molar-refractivity contribution is -0.174. The van der Waals surface area contributed by atoms with Crippen molar-refractivity contribution in [3.05, 3.63) is 0 Å². The van der Waals surface area contributed by atoms with Crippen LogP contribution in [0.2, 0.25) is 0 Å². The average Bonchev–Trinajstić information content (AvgIpc) is 3.26. The molecule has 8 nitrogen and oxygen atoms in total. The van der Waals surface area contributed by atoms with Crippen LogP contribution in [-0.2, 0) is 28.6 Å². The highest BCUT2D eigenvalue weighted by atomic mass is 16.5. The summed E-state index contributed by atoms with van der Waals surface area (Å²) in [7, 11) is 0. The van der Waals surface area contributed by atoms with Crippen molar-refractivity contribution in [3.8, 4) is 0 Å². The van der Waals surface area contributed by atoms with Crippen LogP contribution in [0.5, 0.6) is 0 Å². The summed E-state index contributed by atoms with van der Waals surface area (Å²) in [5.41, 5.74) is -1.97. The fourth-order valence-electron chi connectivity index (χ4n) is 9.19. The van der Waals surface area contributed by atoms with E-state index in [9.17, 15) is 14.4 Å². The van der Waals surface area contributed by atoms with Gasteiger partial charge in [-0.15, -0.1) is 0 Å². The van der Waals surface area contributed by atoms with E-state index in [0.717, 1.165) is 57.8 Å². The molecule has 0 radical (unpaired) electrons. The highest BCUT2D eigenvalue weighted by Gasteiger charge is 2.41. The number of nitrogens with one attached hydrogen (secondary N) is 2. The first-order valence-corrected chi connectivity index (χ1v) is 28.5. The fourth-order valence-corrected chi connectivity index (χ4v) is 9.19. The Morgan fingerprint density at radius 2 is 0.848 bits per heavy atom. The second kappa shape index (κ2) is 40.1. The van der Waals surface area contributed by atoms with E-state index in [4.69, 9.17) is 14.2 Å². The molecule has 3 unspecified atom stereocenters. The molecule has 0 aliphatic rings. The Morgan fingerprint density at radius 1 is 0.470 bits per heavy atom. The van der Waals surface area contributed by atoms with E-state index in [2.05, 4.69) is 72.9 Å². The maximum Gasteiger partial charge on any atom is 0.330 e. The number of carbonyl (C=O) groups excluding carboxylic acids is 3. The highest BCUT2D eigenvalue weighted by molar-refractivity contribution is 5.86. The first-order chi connectivity index (χ1) is 31.5. The molecule has 0 aromatic rings. The van der Waals surface area contributed by atoms with E-state index >= 15 is 0 Å². The fraction of sp³-hybridized carbons (Fsp3) is 0.948. The quantitative estimate of drug-likeness (QED) is 0.0465. The molecular formula is C58H114N2O6. The van der Waals surface area contributed by atoms with Gasteiger partial charge in [0.2, 0.25) is 11.8 Å². The number of unbranched alkanes of at least 4 members (excludes halogenated alkanes) is 29. The third kappa shape index (κ3) is 37.3. The van der Waals surface area contributed by atoms with Crippen LogP contribution in [0.3, 0.4) is 0 Å². The molecule has 3 atom stereocenters. The summed E-state index contributed by atoms with van der Waals surface area (Å²) < 4.78 is 18.7. The number of rotatable bonds is 47. The van der Waals surface area contributed by atoms with Gasteiger partial charge >= 0.3 is 5.97 Å². The summed E-state index contributed by atoms with van der Waals surface area (Å²) in [6.07, 6.45) is 42.8. The number of carbonyl (C=O) groups is 3. The summed E-state index contributed by atoms with van der Waals surface area (Å²) in [6.45, 7) is 24.0. The van der Waals surface area contributed by atoms with Crippen molar-refractivity contribution >= 4 is 17.8 Å². The Hall–Kier alpha value is -1.67. The normalized spacial score (nSPS) is 14.4. The zero-order valence-corrected chi connectivity index (χ0v) is 46.1. The maximum absolute atomic E-state index is 13.9. The van der Waals surface area contributed by atoms with E-state index < -0.39 is 28.6 Å². The molecule has 0 aliphatic carbocycles. The Kier molecular flexibility index (Phi) is 39.1. The predicted octanol–water partition coefficient (Wildman–Crippen LogP) is 16.6. The lowest BCUT2D eigenvalue weighted by Crippen LogP contribution is -2.52. The van der Waals surface area contributed by atoms with Gasteiger partial charge in [-0.25, -0.2) is 4.79 Å². The molecule has 2 amide bonds. The number of amides is 2. The Labute approximate surface area is 410 Å². The minimum atomic E-state index is -0.936. The molecule has 0 heterocycles. The van der Waals surface area contributed by atoms with E-state index in [1.165, 1.54) is 161 Å². The van der Waals surface area contributed by atoms with Crippen LogP contribution in [0.15, 0.2) is 0 Å². The molecule has 0 bridgehead atoms. The summed E-state index contributed by atoms with van der Waals surface area (Å²) in [6, 6.07) is -0.936. The number of hydrogen-bond donors (Lipinski definition) is 2. The molecule has 0 spiro atoms. The molecule has 2 N–H and O–H groups in total. The molecule has 0 aliphatic heterocycles. The maximum atomic E-state index is 13.9. The van der Waals surface area contributed by atoms with Crippen molar-refractivity contribution in [3.63, 3.8) is 0 Å². The molecule has 8 heteroatoms. The Morgan fingerprint density at radius 3 is 1.23 bits per heavy atom. The molecule has 0 rings (SSSR count). The summed E-state index contributed by atoms with van der Waals surface area (Å²) >= 11 is 0. The monoisotopic (exact) mass is 935 g/mol. The lowest BCUT2D eigenvalue weighted by Gasteiger charge is -2.43. The van der Waals surface area contributed by atoms with Gasteiger partial charge in [-0.3, -0.25) is 9.59 Å². The van der Waals surface area contributed by atoms with Crippen molar-refractivity contribution in [2.75, 3.05) is 19.8 Å². The topological polar surface area (TPSA) is 103 Å². The summed E-state index contributed by atoms with van der Waals surface area (Å²) in [5.74, 6) is -0.812. The van der Waals surface area contributed by atoms with Crippen LogP contribution in [0.4, 0.5) is 0 Å². The van der Waals surface area contributed by atoms with Crippen molar-refractivity contribution in [2.45, 2.75) is 330 Å². The number of esters is 1. The molecule has 0 aromatic carbocycles. The third-order valence-corrected chi connectivity index (χ3v) is 13.9. The second-order valence-corrected chi connectivity index (χ2v) is 22.5. The molecule has 66 heavy (non-hydrogen) atoms. The molecule has 392 valence electrons. The smallest absolute Gasteiger partial charge is 0.330 e. The van der Waals surface area contributed by atoms with Crippen LogP contribution in [0.25, 0.3) is 0 Å². The first-order valence-electron chi connectivity index (χ1n) is 28.5. The van der Waals surface area contributed by atoms with Gasteiger partial charge in [-0.05, 0) is 73.1 Å². The Balaban J connectivity index is 5.02. The average molecular weight is 936 g/mol. The Bertz CT molecular complexity index is 1170. The first kappa shape index (κ1) is 64.3. The summed E-state index contributed by atoms with van der Waals surface area (Å²) in [5, 5.41) is 5.98. The van der Waals surface area contributed by atoms with Gasteiger partial charge in [-0.2, -0.15) is 0 Å². The minimum Gasteiger partial charge on any atom is -0.464 e. The number of hydrogen-bond acceptors (Lipinski definition) is 6. The van der Waals surface area contributed by atoms with Crippen LogP contribution in [0.1, 0.15) is 307 Å². The van der Waals surface area contributed by atoms with Crippen molar-refractivity contribution in [1.29, 1.82) is 0 Å². The zero-order chi connectivity index (χ0) is 49.4. The van der Waals surface area contributed by atoms with Gasteiger partial charge in [0.15, 0.2) is 0 Å². The van der Waals surface area contributed by atoms with Crippen LogP contribution in [0, 0.1) is 5.41 Å². The van der Waals surface area contributed by atoms with Crippen molar-refractivity contribution in [1.82, 2.24) is 10.6 Å². The van der Waals surface area contributed by atoms with E-state index in [1.54, 1.807) is 0 Å². The molecule has 0 aromatic heterocycles. The highest BCUT2D eigenvalue weighted by Crippen LogP contribution is 2.38. The van der Waals surface area contributed by atoms with E-state index in [-0.39, 0.29) is 24.0 Å². The molecular weight excluding hydrogens is 821 g/mol. The van der Waals surface area contributed by atoms with Gasteiger partial charge in [0.05, 0.1) is 30.0 Å². The third-order valence-electron chi connectivity index (χ3n) is 13.9. The van der Waals surface area contributed by atoms with Crippen molar-refractivity contribution in [2.24, 2.45) is 5.41 Å². The lowest BCUT2D eigenvalue weighted by atomic mass is 9.78. The van der Waals surface area contributed by atoms with Gasteiger partial charge in [0.1, 0.15) is 6.04 Å². The van der Waals surface area contributed by atoms with Gasteiger partial charge in [0.25, 0.3) is 0 Å². The van der Waals surface area contributed by atoms with Crippen LogP contribution in [-0.4, -0.2) is 60.4 Å². The van der Waals surface area contributed by atoms with Crippen molar-refractivity contribution < 1.29 is 28.6 Å². The molecule has 0 saturated carbocycles. The van der Waals surface area contributed by atoms with Crippen LogP contribution < -0.4 is 10.6 Å². The molecule has 0 saturated heterocycles. The van der Waals surface area contributed by atoms with E-state index in [0.29, 0.717) is 26.1 Å². The largest absolute Gasteiger partial charge is 0.464 e. The predicted molar refractivity (Wildman–Crippen MR) is 282 cm³/mol. The zero-order valence-electron chi connectivity index (χ0n) is 46.1. The summed E-state index contributed by atoms with van der Waals surface area (Å²) in [4.78, 5) is 40.6. The SMILES string of the molecule is CCCCCCCCCCCCCCCCCCOC(=O)C(CNC(=O)C(C)(C)CC(C)(CC)OC(C)(CC)CCOC(C)(C)C)NC(=O)CCCCCCCCCCCCCCCCC. The minimum absolute atomic E-state index is 0.00876.